The van der Waals surface area contributed by atoms with Crippen LogP contribution in [-0.2, 0) is 6.54 Å². The quantitative estimate of drug-likeness (QED) is 0.844. The second kappa shape index (κ2) is 8.31. The van der Waals surface area contributed by atoms with E-state index in [1.165, 1.54) is 5.56 Å². The average molecular weight is 319 g/mol. The van der Waals surface area contributed by atoms with Crippen LogP contribution in [0.15, 0.2) is 30.3 Å². The first-order chi connectivity index (χ1) is 11.0. The summed E-state index contributed by atoms with van der Waals surface area (Å²) in [7, 11) is 0. The van der Waals surface area contributed by atoms with Gasteiger partial charge in [0.15, 0.2) is 0 Å². The van der Waals surface area contributed by atoms with Crippen molar-refractivity contribution in [3.8, 4) is 0 Å². The molecule has 1 aliphatic heterocycles. The number of nitrogens with zero attached hydrogens (tertiary/aromatic N) is 2. The van der Waals surface area contributed by atoms with Gasteiger partial charge in [-0.05, 0) is 32.8 Å². The molecule has 1 saturated heterocycles. The van der Waals surface area contributed by atoms with E-state index in [9.17, 15) is 9.90 Å². The molecule has 0 bridgehead atoms. The van der Waals surface area contributed by atoms with Gasteiger partial charge in [-0.2, -0.15) is 0 Å². The first-order valence-electron chi connectivity index (χ1n) is 8.51. The van der Waals surface area contributed by atoms with Crippen LogP contribution in [0.4, 0.5) is 4.79 Å². The molecule has 2 atom stereocenters. The van der Waals surface area contributed by atoms with Crippen LogP contribution in [0.1, 0.15) is 32.8 Å². The zero-order valence-electron chi connectivity index (χ0n) is 14.4. The number of carbonyl (C=O) groups excluding carboxylic acids is 1. The number of urea groups is 1. The van der Waals surface area contributed by atoms with Crippen molar-refractivity contribution in [2.45, 2.75) is 51.9 Å². The molecular weight excluding hydrogens is 290 g/mol. The third-order valence-corrected chi connectivity index (χ3v) is 4.45. The number of aliphatic hydroxyl groups is 1. The van der Waals surface area contributed by atoms with Gasteiger partial charge in [0, 0.05) is 38.3 Å². The summed E-state index contributed by atoms with van der Waals surface area (Å²) in [6.07, 6.45) is 0.397. The highest BCUT2D eigenvalue weighted by molar-refractivity contribution is 5.74. The number of rotatable bonds is 6. The Hall–Kier alpha value is -1.59. The summed E-state index contributed by atoms with van der Waals surface area (Å²) >= 11 is 0. The van der Waals surface area contributed by atoms with Gasteiger partial charge in [0.05, 0.1) is 6.10 Å². The first kappa shape index (κ1) is 17.8. The molecule has 1 aliphatic rings. The van der Waals surface area contributed by atoms with Crippen LogP contribution in [-0.4, -0.2) is 58.8 Å². The molecular formula is C18H29N3O2. The fourth-order valence-electron chi connectivity index (χ4n) is 3.23. The van der Waals surface area contributed by atoms with E-state index in [-0.39, 0.29) is 24.2 Å². The lowest BCUT2D eigenvalue weighted by atomic mass is 10.1. The van der Waals surface area contributed by atoms with E-state index in [2.05, 4.69) is 22.3 Å². The van der Waals surface area contributed by atoms with E-state index in [1.807, 2.05) is 43.9 Å². The third kappa shape index (κ3) is 4.94. The predicted molar refractivity (Wildman–Crippen MR) is 92.2 cm³/mol. The Bertz CT molecular complexity index is 492. The second-order valence-corrected chi connectivity index (χ2v) is 6.52. The summed E-state index contributed by atoms with van der Waals surface area (Å²) in [5, 5.41) is 13.0. The molecule has 5 heteroatoms. The molecule has 5 nitrogen and oxygen atoms in total. The van der Waals surface area contributed by atoms with Crippen LogP contribution in [0, 0.1) is 0 Å². The highest BCUT2D eigenvalue weighted by atomic mass is 16.3. The second-order valence-electron chi connectivity index (χ2n) is 6.52. The summed E-state index contributed by atoms with van der Waals surface area (Å²) in [5.74, 6) is 0. The standard InChI is InChI=1S/C18H29N3O2/c1-4-21(14(2)3)18(23)19-11-16-10-17(22)13-20(16)12-15-8-6-5-7-9-15/h5-9,14,16-17,22H,4,10-13H2,1-3H3,(H,19,23)/t16-,17+/m1/s1. The molecule has 0 radical (unpaired) electrons. The molecule has 0 aliphatic carbocycles. The zero-order valence-corrected chi connectivity index (χ0v) is 14.4. The number of benzene rings is 1. The fraction of sp³-hybridized carbons (Fsp3) is 0.611. The Morgan fingerprint density at radius 2 is 2.09 bits per heavy atom. The van der Waals surface area contributed by atoms with Crippen molar-refractivity contribution < 1.29 is 9.90 Å². The Morgan fingerprint density at radius 1 is 1.39 bits per heavy atom. The van der Waals surface area contributed by atoms with E-state index in [0.29, 0.717) is 26.1 Å². The Labute approximate surface area is 139 Å². The van der Waals surface area contributed by atoms with Gasteiger partial charge in [0.2, 0.25) is 0 Å². The number of aliphatic hydroxyl groups excluding tert-OH is 1. The molecule has 0 spiro atoms. The molecule has 0 unspecified atom stereocenters. The number of hydrogen-bond acceptors (Lipinski definition) is 3. The van der Waals surface area contributed by atoms with Gasteiger partial charge in [-0.1, -0.05) is 30.3 Å². The van der Waals surface area contributed by atoms with Gasteiger partial charge in [-0.3, -0.25) is 4.90 Å². The maximum Gasteiger partial charge on any atom is 0.317 e. The van der Waals surface area contributed by atoms with E-state index in [1.54, 1.807) is 0 Å². The van der Waals surface area contributed by atoms with Crippen LogP contribution >= 0.6 is 0 Å². The lowest BCUT2D eigenvalue weighted by Gasteiger charge is -2.28. The molecule has 128 valence electrons. The molecule has 0 saturated carbocycles. The SMILES string of the molecule is CCN(C(=O)NC[C@H]1C[C@H](O)CN1Cc1ccccc1)C(C)C. The molecule has 23 heavy (non-hydrogen) atoms. The smallest absolute Gasteiger partial charge is 0.317 e. The normalized spacial score (nSPS) is 21.6. The minimum Gasteiger partial charge on any atom is -0.392 e. The largest absolute Gasteiger partial charge is 0.392 e. The number of hydrogen-bond donors (Lipinski definition) is 2. The average Bonchev–Trinajstić information content (AvgIpc) is 2.86. The molecule has 2 amide bonds. The Balaban J connectivity index is 1.91. The summed E-state index contributed by atoms with van der Waals surface area (Å²) in [6, 6.07) is 10.6. The van der Waals surface area contributed by atoms with Crippen molar-refractivity contribution in [2.24, 2.45) is 0 Å². The van der Waals surface area contributed by atoms with Gasteiger partial charge in [0.1, 0.15) is 0 Å². The number of β-amino-alcohol motifs (C(OH)–C–C–N with tert-alkyl or cyclic N) is 1. The van der Waals surface area contributed by atoms with Crippen molar-refractivity contribution in [1.82, 2.24) is 15.1 Å². The van der Waals surface area contributed by atoms with Gasteiger partial charge >= 0.3 is 6.03 Å². The summed E-state index contributed by atoms with van der Waals surface area (Å²) in [4.78, 5) is 16.3. The van der Waals surface area contributed by atoms with Gasteiger partial charge in [-0.25, -0.2) is 4.79 Å². The number of amides is 2. The van der Waals surface area contributed by atoms with Crippen molar-refractivity contribution >= 4 is 6.03 Å². The molecule has 1 aromatic rings. The van der Waals surface area contributed by atoms with Crippen LogP contribution in [0.2, 0.25) is 0 Å². The number of nitrogens with one attached hydrogen (secondary N) is 1. The summed E-state index contributed by atoms with van der Waals surface area (Å²) in [5.41, 5.74) is 1.23. The van der Waals surface area contributed by atoms with Gasteiger partial charge in [-0.15, -0.1) is 0 Å². The minimum atomic E-state index is -0.312. The van der Waals surface area contributed by atoms with Crippen molar-refractivity contribution in [2.75, 3.05) is 19.6 Å². The lowest BCUT2D eigenvalue weighted by molar-refractivity contribution is 0.170. The van der Waals surface area contributed by atoms with E-state index >= 15 is 0 Å². The van der Waals surface area contributed by atoms with Crippen LogP contribution in [0.3, 0.4) is 0 Å². The number of likely N-dealkylation sites (tertiary alicyclic amines) is 1. The molecule has 2 rings (SSSR count). The minimum absolute atomic E-state index is 0.0245. The van der Waals surface area contributed by atoms with E-state index < -0.39 is 0 Å². The highest BCUT2D eigenvalue weighted by Crippen LogP contribution is 2.20. The highest BCUT2D eigenvalue weighted by Gasteiger charge is 2.31. The molecule has 2 N–H and O–H groups in total. The van der Waals surface area contributed by atoms with Crippen LogP contribution < -0.4 is 5.32 Å². The van der Waals surface area contributed by atoms with Crippen molar-refractivity contribution in [3.05, 3.63) is 35.9 Å². The lowest BCUT2D eigenvalue weighted by Crippen LogP contribution is -2.47. The predicted octanol–water partition coefficient (Wildman–Crippen LogP) is 2.06. The monoisotopic (exact) mass is 319 g/mol. The van der Waals surface area contributed by atoms with E-state index in [0.717, 1.165) is 6.54 Å². The van der Waals surface area contributed by atoms with Crippen LogP contribution in [0.25, 0.3) is 0 Å². The van der Waals surface area contributed by atoms with Crippen molar-refractivity contribution in [1.29, 1.82) is 0 Å². The Morgan fingerprint density at radius 3 is 2.70 bits per heavy atom. The van der Waals surface area contributed by atoms with Gasteiger partial charge in [0.25, 0.3) is 0 Å². The summed E-state index contributed by atoms with van der Waals surface area (Å²) in [6.45, 7) is 8.77. The fourth-order valence-corrected chi connectivity index (χ4v) is 3.23. The summed E-state index contributed by atoms with van der Waals surface area (Å²) < 4.78 is 0. The number of carbonyl (C=O) groups is 1. The molecule has 0 aromatic heterocycles. The molecule has 1 fully saturated rings. The first-order valence-corrected chi connectivity index (χ1v) is 8.51. The topological polar surface area (TPSA) is 55.8 Å². The maximum atomic E-state index is 12.3. The van der Waals surface area contributed by atoms with E-state index in [4.69, 9.17) is 0 Å². The molecule has 1 aromatic carbocycles. The zero-order chi connectivity index (χ0) is 16.8. The van der Waals surface area contributed by atoms with Crippen LogP contribution in [0.5, 0.6) is 0 Å². The third-order valence-electron chi connectivity index (χ3n) is 4.45. The van der Waals surface area contributed by atoms with Gasteiger partial charge < -0.3 is 15.3 Å². The Kier molecular flexibility index (Phi) is 6.42. The van der Waals surface area contributed by atoms with Crippen molar-refractivity contribution in [3.63, 3.8) is 0 Å². The molecule has 1 heterocycles. The maximum absolute atomic E-state index is 12.3.